The second-order valence-corrected chi connectivity index (χ2v) is 6.76. The molecule has 1 rings (SSSR count). The summed E-state index contributed by atoms with van der Waals surface area (Å²) in [5, 5.41) is 2.60. The van der Waals surface area contributed by atoms with Crippen molar-refractivity contribution in [3.63, 3.8) is 0 Å². The third-order valence-electron chi connectivity index (χ3n) is 4.15. The highest BCUT2D eigenvalue weighted by atomic mass is 19.4. The monoisotopic (exact) mass is 425 g/mol. The topological polar surface area (TPSA) is 38.3 Å². The SMILES string of the molecule is C=CC(C)=CC(CC(F)(F)F)OC=CC=C(C=CC)NC(=O)C1=C(C)CCC=C1F. The van der Waals surface area contributed by atoms with Gasteiger partial charge in [-0.25, -0.2) is 4.39 Å². The summed E-state index contributed by atoms with van der Waals surface area (Å²) in [6.07, 6.45) is 5.72. The lowest BCUT2D eigenvalue weighted by atomic mass is 9.97. The minimum Gasteiger partial charge on any atom is -0.494 e. The van der Waals surface area contributed by atoms with Crippen molar-refractivity contribution < 1.29 is 27.1 Å². The van der Waals surface area contributed by atoms with Gasteiger partial charge in [0.1, 0.15) is 11.9 Å². The summed E-state index contributed by atoms with van der Waals surface area (Å²) in [6.45, 7) is 8.57. The summed E-state index contributed by atoms with van der Waals surface area (Å²) in [7, 11) is 0. The zero-order valence-corrected chi connectivity index (χ0v) is 17.4. The first-order chi connectivity index (χ1) is 14.1. The van der Waals surface area contributed by atoms with E-state index in [2.05, 4.69) is 11.9 Å². The Morgan fingerprint density at radius 3 is 2.67 bits per heavy atom. The lowest BCUT2D eigenvalue weighted by molar-refractivity contribution is -0.149. The number of allylic oxidation sites excluding steroid dienone is 8. The predicted octanol–water partition coefficient (Wildman–Crippen LogP) is 6.51. The van der Waals surface area contributed by atoms with Gasteiger partial charge in [0, 0.05) is 5.70 Å². The van der Waals surface area contributed by atoms with Crippen LogP contribution in [0, 0.1) is 0 Å². The van der Waals surface area contributed by atoms with Gasteiger partial charge in [-0.15, -0.1) is 0 Å². The number of halogens is 4. The van der Waals surface area contributed by atoms with Crippen LogP contribution in [0.2, 0.25) is 0 Å². The third-order valence-corrected chi connectivity index (χ3v) is 4.15. The van der Waals surface area contributed by atoms with E-state index in [-0.39, 0.29) is 5.57 Å². The van der Waals surface area contributed by atoms with E-state index in [9.17, 15) is 22.4 Å². The molecule has 1 aliphatic carbocycles. The van der Waals surface area contributed by atoms with E-state index in [4.69, 9.17) is 4.74 Å². The van der Waals surface area contributed by atoms with E-state index in [0.717, 1.165) is 6.26 Å². The number of nitrogens with one attached hydrogen (secondary N) is 1. The second-order valence-electron chi connectivity index (χ2n) is 6.76. The number of carbonyl (C=O) groups is 1. The van der Waals surface area contributed by atoms with E-state index in [1.165, 1.54) is 30.4 Å². The second kappa shape index (κ2) is 12.0. The molecule has 0 bridgehead atoms. The van der Waals surface area contributed by atoms with Crippen molar-refractivity contribution in [3.05, 3.63) is 83.6 Å². The fourth-order valence-corrected chi connectivity index (χ4v) is 2.69. The Labute approximate surface area is 174 Å². The van der Waals surface area contributed by atoms with E-state index in [1.807, 2.05) is 0 Å². The molecule has 0 spiro atoms. The Bertz CT molecular complexity index is 812. The van der Waals surface area contributed by atoms with Crippen LogP contribution < -0.4 is 5.32 Å². The molecule has 1 amide bonds. The van der Waals surface area contributed by atoms with Crippen molar-refractivity contribution in [2.75, 3.05) is 0 Å². The molecular weight excluding hydrogens is 398 g/mol. The van der Waals surface area contributed by atoms with Crippen LogP contribution >= 0.6 is 0 Å². The van der Waals surface area contributed by atoms with Crippen LogP contribution in [0.4, 0.5) is 17.6 Å². The molecule has 1 N–H and O–H groups in total. The predicted molar refractivity (Wildman–Crippen MR) is 111 cm³/mol. The van der Waals surface area contributed by atoms with E-state index < -0.39 is 30.4 Å². The van der Waals surface area contributed by atoms with Gasteiger partial charge in [-0.1, -0.05) is 29.9 Å². The van der Waals surface area contributed by atoms with Crippen LogP contribution in [0.3, 0.4) is 0 Å². The van der Waals surface area contributed by atoms with Crippen molar-refractivity contribution >= 4 is 5.91 Å². The molecule has 0 aromatic heterocycles. The summed E-state index contributed by atoms with van der Waals surface area (Å²) in [5.74, 6) is -1.14. The Hall–Kier alpha value is -2.83. The number of rotatable bonds is 9. The molecule has 7 heteroatoms. The molecule has 0 saturated carbocycles. The molecule has 0 heterocycles. The Balaban J connectivity index is 2.90. The largest absolute Gasteiger partial charge is 0.494 e. The zero-order chi connectivity index (χ0) is 22.7. The van der Waals surface area contributed by atoms with Gasteiger partial charge in [0.2, 0.25) is 0 Å². The number of carbonyl (C=O) groups excluding carboxylic acids is 1. The molecule has 0 radical (unpaired) electrons. The fraction of sp³-hybridized carbons (Fsp3) is 0.348. The zero-order valence-electron chi connectivity index (χ0n) is 17.4. The molecular formula is C23H27F4NO2. The molecule has 0 aromatic rings. The summed E-state index contributed by atoms with van der Waals surface area (Å²) < 4.78 is 57.3. The summed E-state index contributed by atoms with van der Waals surface area (Å²) >= 11 is 0. The lowest BCUT2D eigenvalue weighted by Gasteiger charge is -2.16. The van der Waals surface area contributed by atoms with Crippen molar-refractivity contribution in [2.24, 2.45) is 0 Å². The highest BCUT2D eigenvalue weighted by Crippen LogP contribution is 2.26. The van der Waals surface area contributed by atoms with Crippen LogP contribution in [-0.4, -0.2) is 18.2 Å². The quantitative estimate of drug-likeness (QED) is 0.260. The van der Waals surface area contributed by atoms with Gasteiger partial charge in [-0.05, 0) is 64.0 Å². The van der Waals surface area contributed by atoms with Gasteiger partial charge >= 0.3 is 6.18 Å². The molecule has 1 unspecified atom stereocenters. The first-order valence-corrected chi connectivity index (χ1v) is 9.47. The molecule has 1 aliphatic rings. The first kappa shape index (κ1) is 25.2. The molecule has 0 fully saturated rings. The molecule has 0 aliphatic heterocycles. The average molecular weight is 425 g/mol. The highest BCUT2D eigenvalue weighted by molar-refractivity contribution is 5.99. The number of hydrogen-bond donors (Lipinski definition) is 1. The Kier molecular flexibility index (Phi) is 10.1. The van der Waals surface area contributed by atoms with Gasteiger partial charge in [-0.3, -0.25) is 4.79 Å². The molecule has 0 saturated heterocycles. The molecule has 1 atom stereocenters. The summed E-state index contributed by atoms with van der Waals surface area (Å²) in [6, 6.07) is 0. The minimum absolute atomic E-state index is 0.00663. The first-order valence-electron chi connectivity index (χ1n) is 9.47. The van der Waals surface area contributed by atoms with Crippen LogP contribution in [0.5, 0.6) is 0 Å². The van der Waals surface area contributed by atoms with Crippen molar-refractivity contribution in [1.82, 2.24) is 5.32 Å². The number of ether oxygens (including phenoxy) is 1. The maximum Gasteiger partial charge on any atom is 0.392 e. The smallest absolute Gasteiger partial charge is 0.392 e. The summed E-state index contributed by atoms with van der Waals surface area (Å²) in [5.41, 5.74) is 1.56. The van der Waals surface area contributed by atoms with Gasteiger partial charge in [-0.2, -0.15) is 13.2 Å². The van der Waals surface area contributed by atoms with Crippen LogP contribution in [0.25, 0.3) is 0 Å². The van der Waals surface area contributed by atoms with Crippen molar-refractivity contribution in [2.45, 2.75) is 52.3 Å². The van der Waals surface area contributed by atoms with Crippen LogP contribution in [0.1, 0.15) is 40.0 Å². The molecule has 164 valence electrons. The van der Waals surface area contributed by atoms with E-state index in [0.29, 0.717) is 29.7 Å². The van der Waals surface area contributed by atoms with Crippen molar-refractivity contribution in [1.29, 1.82) is 0 Å². The fourth-order valence-electron chi connectivity index (χ4n) is 2.69. The van der Waals surface area contributed by atoms with Gasteiger partial charge in [0.25, 0.3) is 5.91 Å². The molecule has 30 heavy (non-hydrogen) atoms. The number of hydrogen-bond acceptors (Lipinski definition) is 2. The van der Waals surface area contributed by atoms with E-state index >= 15 is 0 Å². The van der Waals surface area contributed by atoms with Crippen molar-refractivity contribution in [3.8, 4) is 0 Å². The van der Waals surface area contributed by atoms with Gasteiger partial charge in [0.15, 0.2) is 0 Å². The van der Waals surface area contributed by atoms with Gasteiger partial charge in [0.05, 0.1) is 18.3 Å². The summed E-state index contributed by atoms with van der Waals surface area (Å²) in [4.78, 5) is 12.4. The van der Waals surface area contributed by atoms with Crippen LogP contribution in [0.15, 0.2) is 83.6 Å². The maximum atomic E-state index is 14.0. The molecule has 3 nitrogen and oxygen atoms in total. The third kappa shape index (κ3) is 9.11. The van der Waals surface area contributed by atoms with Crippen LogP contribution in [-0.2, 0) is 9.53 Å². The maximum absolute atomic E-state index is 14.0. The van der Waals surface area contributed by atoms with E-state index in [1.54, 1.807) is 32.9 Å². The number of amides is 1. The number of alkyl halides is 3. The minimum atomic E-state index is -4.39. The lowest BCUT2D eigenvalue weighted by Crippen LogP contribution is -2.25. The Morgan fingerprint density at radius 1 is 1.40 bits per heavy atom. The highest BCUT2D eigenvalue weighted by Gasteiger charge is 2.31. The average Bonchev–Trinajstić information content (AvgIpc) is 2.63. The Morgan fingerprint density at radius 2 is 2.10 bits per heavy atom. The van der Waals surface area contributed by atoms with Gasteiger partial charge < -0.3 is 10.1 Å². The molecule has 0 aromatic carbocycles. The normalized spacial score (nSPS) is 17.4. The standard InChI is InChI=1S/C23H27F4NO2/c1-5-9-18(28-22(29)21-17(4)10-7-12-20(21)24)11-8-13-30-19(14-16(3)6-2)15-23(25,26)27/h5-6,8-9,11-14,19H,2,7,10,15H2,1,3-4H3,(H,28,29).